The van der Waals surface area contributed by atoms with Gasteiger partial charge in [-0.1, -0.05) is 30.7 Å². The summed E-state index contributed by atoms with van der Waals surface area (Å²) in [5.74, 6) is 0.873. The van der Waals surface area contributed by atoms with Gasteiger partial charge in [-0.15, -0.1) is 0 Å². The van der Waals surface area contributed by atoms with Gasteiger partial charge in [0.1, 0.15) is 5.75 Å². The third-order valence-corrected chi connectivity index (χ3v) is 3.05. The van der Waals surface area contributed by atoms with E-state index in [2.05, 4.69) is 12.2 Å². The van der Waals surface area contributed by atoms with Crippen molar-refractivity contribution >= 4 is 0 Å². The number of allylic oxidation sites excluding steroid dienone is 1. The molecule has 0 bridgehead atoms. The van der Waals surface area contributed by atoms with Crippen LogP contribution in [0.4, 0.5) is 0 Å². The highest BCUT2D eigenvalue weighted by molar-refractivity contribution is 5.26. The fraction of sp³-hybridized carbons (Fsp3) is 0.529. The van der Waals surface area contributed by atoms with Crippen LogP contribution < -0.4 is 4.74 Å². The first kappa shape index (κ1) is 16.7. The van der Waals surface area contributed by atoms with Crippen molar-refractivity contribution in [2.75, 3.05) is 20.3 Å². The molecule has 3 heteroatoms. The maximum atomic E-state index is 8.65. The third kappa shape index (κ3) is 7.97. The number of methoxy groups -OCH3 is 1. The Kier molecular flexibility index (Phi) is 9.62. The average Bonchev–Trinajstić information content (AvgIpc) is 2.50. The summed E-state index contributed by atoms with van der Waals surface area (Å²) in [5.41, 5.74) is 1.17. The van der Waals surface area contributed by atoms with E-state index in [4.69, 9.17) is 14.6 Å². The first-order chi connectivity index (χ1) is 9.86. The molecule has 0 amide bonds. The molecule has 0 aliphatic rings. The minimum Gasteiger partial charge on any atom is -0.497 e. The molecular weight excluding hydrogens is 252 g/mol. The lowest BCUT2D eigenvalue weighted by Crippen LogP contribution is -1.94. The zero-order chi connectivity index (χ0) is 14.5. The first-order valence-corrected chi connectivity index (χ1v) is 7.33. The molecule has 0 aliphatic heterocycles. The Morgan fingerprint density at radius 2 is 1.75 bits per heavy atom. The first-order valence-electron chi connectivity index (χ1n) is 7.33. The van der Waals surface area contributed by atoms with Gasteiger partial charge in [0.05, 0.1) is 20.3 Å². The second-order valence-corrected chi connectivity index (χ2v) is 4.73. The van der Waals surface area contributed by atoms with Crippen molar-refractivity contribution in [2.24, 2.45) is 0 Å². The Bertz CT molecular complexity index is 357. The predicted molar refractivity (Wildman–Crippen MR) is 82.0 cm³/mol. The highest BCUT2D eigenvalue weighted by Gasteiger charge is 1.94. The largest absolute Gasteiger partial charge is 0.497 e. The fourth-order valence-electron chi connectivity index (χ4n) is 1.85. The van der Waals surface area contributed by atoms with Crippen molar-refractivity contribution in [3.8, 4) is 5.75 Å². The fourth-order valence-corrected chi connectivity index (χ4v) is 1.85. The van der Waals surface area contributed by atoms with Crippen LogP contribution in [0.3, 0.4) is 0 Å². The van der Waals surface area contributed by atoms with E-state index in [1.807, 2.05) is 24.3 Å². The Labute approximate surface area is 122 Å². The van der Waals surface area contributed by atoms with E-state index in [0.717, 1.165) is 44.5 Å². The lowest BCUT2D eigenvalue weighted by Gasteiger charge is -2.04. The number of benzene rings is 1. The van der Waals surface area contributed by atoms with Crippen molar-refractivity contribution in [3.63, 3.8) is 0 Å². The van der Waals surface area contributed by atoms with E-state index in [9.17, 15) is 0 Å². The molecule has 3 nitrogen and oxygen atoms in total. The Morgan fingerprint density at radius 1 is 1.00 bits per heavy atom. The number of hydrogen-bond donors (Lipinski definition) is 1. The van der Waals surface area contributed by atoms with E-state index >= 15 is 0 Å². The molecular formula is C17H26O3. The van der Waals surface area contributed by atoms with E-state index in [1.54, 1.807) is 7.11 Å². The molecule has 1 aromatic carbocycles. The zero-order valence-corrected chi connectivity index (χ0v) is 12.4. The number of aliphatic hydroxyl groups is 1. The number of rotatable bonds is 11. The highest BCUT2D eigenvalue weighted by Crippen LogP contribution is 2.12. The van der Waals surface area contributed by atoms with E-state index < -0.39 is 0 Å². The van der Waals surface area contributed by atoms with Gasteiger partial charge in [-0.2, -0.15) is 0 Å². The molecule has 1 rings (SSSR count). The molecule has 1 aromatic rings. The standard InChI is InChI=1S/C17H26O3/c1-19-17-11-9-16(10-12-17)15-20-14-8-6-4-2-3-5-7-13-18/h4,6,9-12,18H,2-3,5,7-8,13-15H2,1H3/b6-4-. The highest BCUT2D eigenvalue weighted by atomic mass is 16.5. The van der Waals surface area contributed by atoms with Crippen LogP contribution in [0.1, 0.15) is 37.7 Å². The maximum Gasteiger partial charge on any atom is 0.118 e. The van der Waals surface area contributed by atoms with Crippen LogP contribution in [0.2, 0.25) is 0 Å². The van der Waals surface area contributed by atoms with Gasteiger partial charge < -0.3 is 14.6 Å². The SMILES string of the molecule is COc1ccc(COCC/C=C\CCCCCO)cc1. The third-order valence-electron chi connectivity index (χ3n) is 3.05. The molecule has 0 aromatic heterocycles. The van der Waals surface area contributed by atoms with E-state index in [-0.39, 0.29) is 0 Å². The summed E-state index contributed by atoms with van der Waals surface area (Å²) in [6.07, 6.45) is 9.60. The Morgan fingerprint density at radius 3 is 2.45 bits per heavy atom. The normalized spacial score (nSPS) is 11.1. The average molecular weight is 278 g/mol. The van der Waals surface area contributed by atoms with Crippen LogP contribution >= 0.6 is 0 Å². The molecule has 0 spiro atoms. The quantitative estimate of drug-likeness (QED) is 0.495. The van der Waals surface area contributed by atoms with Gasteiger partial charge in [0.2, 0.25) is 0 Å². The monoisotopic (exact) mass is 278 g/mol. The Hall–Kier alpha value is -1.32. The summed E-state index contributed by atoms with van der Waals surface area (Å²) in [7, 11) is 1.67. The number of hydrogen-bond acceptors (Lipinski definition) is 3. The van der Waals surface area contributed by atoms with Gasteiger partial charge in [-0.3, -0.25) is 0 Å². The second kappa shape index (κ2) is 11.5. The van der Waals surface area contributed by atoms with Crippen LogP contribution in [0, 0.1) is 0 Å². The maximum absolute atomic E-state index is 8.65. The molecule has 0 unspecified atom stereocenters. The summed E-state index contributed by atoms with van der Waals surface area (Å²) in [6, 6.07) is 7.95. The van der Waals surface area contributed by atoms with Crippen molar-refractivity contribution in [1.82, 2.24) is 0 Å². The lowest BCUT2D eigenvalue weighted by atomic mass is 10.2. The summed E-state index contributed by atoms with van der Waals surface area (Å²) in [5, 5.41) is 8.65. The smallest absolute Gasteiger partial charge is 0.118 e. The summed E-state index contributed by atoms with van der Waals surface area (Å²) < 4.78 is 10.7. The lowest BCUT2D eigenvalue weighted by molar-refractivity contribution is 0.125. The van der Waals surface area contributed by atoms with E-state index in [1.165, 1.54) is 5.56 Å². The molecule has 20 heavy (non-hydrogen) atoms. The molecule has 1 N–H and O–H groups in total. The Balaban J connectivity index is 1.99. The van der Waals surface area contributed by atoms with Crippen LogP contribution in [0.15, 0.2) is 36.4 Å². The van der Waals surface area contributed by atoms with Gasteiger partial charge in [-0.25, -0.2) is 0 Å². The molecule has 0 radical (unpaired) electrons. The number of ether oxygens (including phenoxy) is 2. The summed E-state index contributed by atoms with van der Waals surface area (Å²) >= 11 is 0. The molecule has 0 atom stereocenters. The van der Waals surface area contributed by atoms with Gasteiger partial charge in [0, 0.05) is 6.61 Å². The van der Waals surface area contributed by atoms with E-state index in [0.29, 0.717) is 13.2 Å². The van der Waals surface area contributed by atoms with Crippen LogP contribution in [-0.4, -0.2) is 25.4 Å². The van der Waals surface area contributed by atoms with Crippen molar-refractivity contribution in [3.05, 3.63) is 42.0 Å². The zero-order valence-electron chi connectivity index (χ0n) is 12.4. The topological polar surface area (TPSA) is 38.7 Å². The molecule has 0 saturated carbocycles. The van der Waals surface area contributed by atoms with Crippen molar-refractivity contribution < 1.29 is 14.6 Å². The van der Waals surface area contributed by atoms with Crippen LogP contribution in [0.5, 0.6) is 5.75 Å². The minimum absolute atomic E-state index is 0.308. The summed E-state index contributed by atoms with van der Waals surface area (Å²) in [6.45, 7) is 1.70. The van der Waals surface area contributed by atoms with Gasteiger partial charge in [0.15, 0.2) is 0 Å². The molecule has 0 saturated heterocycles. The predicted octanol–water partition coefficient (Wildman–Crippen LogP) is 3.71. The molecule has 0 aliphatic carbocycles. The summed E-state index contributed by atoms with van der Waals surface area (Å²) in [4.78, 5) is 0. The van der Waals surface area contributed by atoms with Crippen molar-refractivity contribution in [2.45, 2.75) is 38.7 Å². The molecule has 0 fully saturated rings. The van der Waals surface area contributed by atoms with Gasteiger partial charge >= 0.3 is 0 Å². The molecule has 0 heterocycles. The number of unbranched alkanes of at least 4 members (excludes halogenated alkanes) is 3. The van der Waals surface area contributed by atoms with Gasteiger partial charge in [-0.05, 0) is 43.4 Å². The number of aliphatic hydroxyl groups excluding tert-OH is 1. The van der Waals surface area contributed by atoms with Crippen LogP contribution in [-0.2, 0) is 11.3 Å². The minimum atomic E-state index is 0.308. The second-order valence-electron chi connectivity index (χ2n) is 4.73. The van der Waals surface area contributed by atoms with Gasteiger partial charge in [0.25, 0.3) is 0 Å². The molecule has 112 valence electrons. The van der Waals surface area contributed by atoms with Crippen molar-refractivity contribution in [1.29, 1.82) is 0 Å². The van der Waals surface area contributed by atoms with Crippen LogP contribution in [0.25, 0.3) is 0 Å².